The van der Waals surface area contributed by atoms with E-state index in [0.717, 1.165) is 0 Å². The maximum atomic E-state index is 12.8. The first-order valence-electron chi connectivity index (χ1n) is 8.01. The van der Waals surface area contributed by atoms with Gasteiger partial charge in [0.1, 0.15) is 5.75 Å². The third-order valence-electron chi connectivity index (χ3n) is 4.04. The standard InChI is InChI=1S/C19H16BrF2N3O2/c1-12-17(18(26)25(24(12)2)15-6-4-3-5-7-15)23-11-13-10-14(20)8-9-16(13)27-19(21)22/h3-11,19H,1-2H3. The van der Waals surface area contributed by atoms with Crippen molar-refractivity contribution in [2.45, 2.75) is 13.5 Å². The molecule has 0 atom stereocenters. The Hall–Kier alpha value is -2.74. The Morgan fingerprint density at radius 1 is 1.19 bits per heavy atom. The zero-order valence-corrected chi connectivity index (χ0v) is 16.2. The number of halogens is 3. The fraction of sp³-hybridized carbons (Fsp3) is 0.158. The van der Waals surface area contributed by atoms with Gasteiger partial charge in [-0.05, 0) is 37.3 Å². The summed E-state index contributed by atoms with van der Waals surface area (Å²) in [6.45, 7) is -1.18. The quantitative estimate of drug-likeness (QED) is 0.549. The van der Waals surface area contributed by atoms with Gasteiger partial charge in [-0.15, -0.1) is 0 Å². The van der Waals surface area contributed by atoms with Gasteiger partial charge >= 0.3 is 6.61 Å². The summed E-state index contributed by atoms with van der Waals surface area (Å²) >= 11 is 3.29. The van der Waals surface area contributed by atoms with Crippen LogP contribution in [0.15, 0.2) is 62.8 Å². The number of rotatable bonds is 5. The number of nitrogens with zero attached hydrogens (tertiary/aromatic N) is 3. The molecule has 0 radical (unpaired) electrons. The summed E-state index contributed by atoms with van der Waals surface area (Å²) in [6, 6.07) is 13.8. The van der Waals surface area contributed by atoms with E-state index in [0.29, 0.717) is 21.4 Å². The summed E-state index contributed by atoms with van der Waals surface area (Å²) < 4.78 is 33.6. The van der Waals surface area contributed by atoms with Gasteiger partial charge in [0.2, 0.25) is 0 Å². The maximum absolute atomic E-state index is 12.8. The molecule has 0 saturated carbocycles. The second-order valence-electron chi connectivity index (χ2n) is 5.73. The Balaban J connectivity index is 2.05. The van der Waals surface area contributed by atoms with Crippen LogP contribution in [-0.4, -0.2) is 22.2 Å². The number of alkyl halides is 2. The molecule has 1 aromatic heterocycles. The zero-order chi connectivity index (χ0) is 19.6. The van der Waals surface area contributed by atoms with Gasteiger partial charge in [-0.2, -0.15) is 8.78 Å². The minimum absolute atomic E-state index is 0.0195. The smallest absolute Gasteiger partial charge is 0.387 e. The van der Waals surface area contributed by atoms with Crippen molar-refractivity contribution in [2.75, 3.05) is 0 Å². The molecule has 0 aliphatic carbocycles. The summed E-state index contributed by atoms with van der Waals surface area (Å²) in [7, 11) is 1.76. The lowest BCUT2D eigenvalue weighted by molar-refractivity contribution is -0.0499. The molecule has 0 N–H and O–H groups in total. The summed E-state index contributed by atoms with van der Waals surface area (Å²) in [6.07, 6.45) is 1.35. The van der Waals surface area contributed by atoms with Crippen molar-refractivity contribution in [3.05, 3.63) is 74.6 Å². The van der Waals surface area contributed by atoms with E-state index in [1.807, 2.05) is 30.3 Å². The molecular weight excluding hydrogens is 420 g/mol. The van der Waals surface area contributed by atoms with Crippen molar-refractivity contribution in [3.8, 4) is 11.4 Å². The first-order valence-corrected chi connectivity index (χ1v) is 8.80. The average Bonchev–Trinajstić information content (AvgIpc) is 2.85. The van der Waals surface area contributed by atoms with Gasteiger partial charge in [0, 0.05) is 23.3 Å². The molecule has 0 aliphatic heterocycles. The molecule has 0 amide bonds. The van der Waals surface area contributed by atoms with Crippen LogP contribution < -0.4 is 10.3 Å². The lowest BCUT2D eigenvalue weighted by Gasteiger charge is -2.07. The molecule has 2 aromatic carbocycles. The summed E-state index contributed by atoms with van der Waals surface area (Å²) in [4.78, 5) is 17.1. The van der Waals surface area contributed by atoms with Crippen molar-refractivity contribution in [1.29, 1.82) is 0 Å². The maximum Gasteiger partial charge on any atom is 0.387 e. The van der Waals surface area contributed by atoms with Crippen LogP contribution in [0.5, 0.6) is 5.75 Å². The topological polar surface area (TPSA) is 48.5 Å². The average molecular weight is 436 g/mol. The minimum atomic E-state index is -2.95. The highest BCUT2D eigenvalue weighted by molar-refractivity contribution is 9.10. The summed E-state index contributed by atoms with van der Waals surface area (Å²) in [5, 5.41) is 0. The SMILES string of the molecule is Cc1c(N=Cc2cc(Br)ccc2OC(F)F)c(=O)n(-c2ccccc2)n1C. The zero-order valence-electron chi connectivity index (χ0n) is 14.6. The second-order valence-corrected chi connectivity index (χ2v) is 6.64. The molecule has 3 rings (SSSR count). The number of ether oxygens (including phenoxy) is 1. The molecule has 0 saturated heterocycles. The van der Waals surface area contributed by atoms with E-state index in [4.69, 9.17) is 0 Å². The number of aliphatic imine (C=N–C) groups is 1. The molecule has 0 fully saturated rings. The van der Waals surface area contributed by atoms with Gasteiger partial charge in [0.05, 0.1) is 11.4 Å². The monoisotopic (exact) mass is 435 g/mol. The highest BCUT2D eigenvalue weighted by Gasteiger charge is 2.15. The number of aromatic nitrogens is 2. The minimum Gasteiger partial charge on any atom is -0.434 e. The van der Waals surface area contributed by atoms with Crippen molar-refractivity contribution in [2.24, 2.45) is 12.0 Å². The lowest BCUT2D eigenvalue weighted by Crippen LogP contribution is -2.19. The first-order chi connectivity index (χ1) is 12.9. The number of benzene rings is 2. The molecular formula is C19H16BrF2N3O2. The molecule has 140 valence electrons. The Morgan fingerprint density at radius 3 is 2.56 bits per heavy atom. The van der Waals surface area contributed by atoms with Crippen LogP contribution in [0.1, 0.15) is 11.3 Å². The van der Waals surface area contributed by atoms with Crippen LogP contribution in [0.25, 0.3) is 5.69 Å². The first kappa shape index (κ1) is 19.0. The largest absolute Gasteiger partial charge is 0.434 e. The number of para-hydroxylation sites is 1. The Labute approximate surface area is 162 Å². The van der Waals surface area contributed by atoms with E-state index in [1.165, 1.54) is 17.0 Å². The van der Waals surface area contributed by atoms with Crippen molar-refractivity contribution >= 4 is 27.8 Å². The van der Waals surface area contributed by atoms with Crippen LogP contribution in [0.2, 0.25) is 0 Å². The van der Waals surface area contributed by atoms with Gasteiger partial charge < -0.3 is 4.74 Å². The van der Waals surface area contributed by atoms with Gasteiger partial charge in [-0.3, -0.25) is 9.48 Å². The molecule has 0 bridgehead atoms. The molecule has 1 heterocycles. The number of hydrogen-bond acceptors (Lipinski definition) is 3. The van der Waals surface area contributed by atoms with Gasteiger partial charge in [0.15, 0.2) is 5.69 Å². The third kappa shape index (κ3) is 4.00. The van der Waals surface area contributed by atoms with Gasteiger partial charge in [0.25, 0.3) is 5.56 Å². The summed E-state index contributed by atoms with van der Waals surface area (Å²) in [5.41, 5.74) is 1.61. The van der Waals surface area contributed by atoms with Crippen molar-refractivity contribution in [1.82, 2.24) is 9.36 Å². The third-order valence-corrected chi connectivity index (χ3v) is 4.54. The molecule has 0 spiro atoms. The van der Waals surface area contributed by atoms with E-state index in [9.17, 15) is 13.6 Å². The molecule has 5 nitrogen and oxygen atoms in total. The highest BCUT2D eigenvalue weighted by Crippen LogP contribution is 2.24. The Bertz CT molecular complexity index is 1040. The fourth-order valence-corrected chi connectivity index (χ4v) is 3.04. The highest BCUT2D eigenvalue weighted by atomic mass is 79.9. The second kappa shape index (κ2) is 7.87. The normalized spacial score (nSPS) is 11.5. The summed E-state index contributed by atoms with van der Waals surface area (Å²) in [5.74, 6) is -0.0195. The van der Waals surface area contributed by atoms with E-state index in [-0.39, 0.29) is 17.0 Å². The fourth-order valence-electron chi connectivity index (χ4n) is 2.66. The number of hydrogen-bond donors (Lipinski definition) is 0. The van der Waals surface area contributed by atoms with Gasteiger partial charge in [-0.1, -0.05) is 34.1 Å². The van der Waals surface area contributed by atoms with Crippen molar-refractivity contribution in [3.63, 3.8) is 0 Å². The molecule has 0 aliphatic rings. The van der Waals surface area contributed by atoms with Crippen LogP contribution >= 0.6 is 15.9 Å². The van der Waals surface area contributed by atoms with E-state index in [2.05, 4.69) is 25.7 Å². The predicted octanol–water partition coefficient (Wildman–Crippen LogP) is 4.60. The van der Waals surface area contributed by atoms with Crippen LogP contribution in [0, 0.1) is 6.92 Å². The molecule has 3 aromatic rings. The molecule has 0 unspecified atom stereocenters. The van der Waals surface area contributed by atoms with Crippen molar-refractivity contribution < 1.29 is 13.5 Å². The van der Waals surface area contributed by atoms with Gasteiger partial charge in [-0.25, -0.2) is 9.67 Å². The van der Waals surface area contributed by atoms with E-state index < -0.39 is 6.61 Å². The Morgan fingerprint density at radius 2 is 1.89 bits per heavy atom. The van der Waals surface area contributed by atoms with Crippen LogP contribution in [0.4, 0.5) is 14.5 Å². The lowest BCUT2D eigenvalue weighted by atomic mass is 10.2. The van der Waals surface area contributed by atoms with Crippen LogP contribution in [0.3, 0.4) is 0 Å². The molecule has 27 heavy (non-hydrogen) atoms. The molecule has 8 heteroatoms. The van der Waals surface area contributed by atoms with E-state index in [1.54, 1.807) is 30.8 Å². The Kier molecular flexibility index (Phi) is 5.55. The van der Waals surface area contributed by atoms with E-state index >= 15 is 0 Å². The predicted molar refractivity (Wildman–Crippen MR) is 104 cm³/mol. The van der Waals surface area contributed by atoms with Crippen LogP contribution in [-0.2, 0) is 7.05 Å².